The van der Waals surface area contributed by atoms with Gasteiger partial charge in [-0.15, -0.1) is 0 Å². The first kappa shape index (κ1) is 16.0. The van der Waals surface area contributed by atoms with Crippen molar-refractivity contribution in [3.8, 4) is 0 Å². The van der Waals surface area contributed by atoms with Crippen molar-refractivity contribution in [1.29, 1.82) is 0 Å². The molecule has 2 heterocycles. The van der Waals surface area contributed by atoms with E-state index in [1.165, 1.54) is 5.56 Å². The standard InChI is InChI=1S/C17H26N2O2S/c1-18(2)16-13-22(20,21)17-12-19(11-15(16)17)10-6-9-14-7-4-3-5-8-14/h3-5,7-8,15-17H,6,9-13H2,1-2H3/t15-,16-,17-/m0/s1. The van der Waals surface area contributed by atoms with Crippen molar-refractivity contribution in [2.45, 2.75) is 24.1 Å². The van der Waals surface area contributed by atoms with E-state index in [0.29, 0.717) is 5.75 Å². The largest absolute Gasteiger partial charge is 0.305 e. The Labute approximate surface area is 134 Å². The Morgan fingerprint density at radius 2 is 1.91 bits per heavy atom. The van der Waals surface area contributed by atoms with Gasteiger partial charge in [-0.1, -0.05) is 30.3 Å². The molecule has 5 heteroatoms. The summed E-state index contributed by atoms with van der Waals surface area (Å²) in [6.45, 7) is 2.66. The van der Waals surface area contributed by atoms with Crippen molar-refractivity contribution < 1.29 is 8.42 Å². The Balaban J connectivity index is 1.56. The topological polar surface area (TPSA) is 40.6 Å². The number of aryl methyl sites for hydroxylation is 1. The molecule has 1 aromatic rings. The minimum atomic E-state index is -2.91. The molecule has 22 heavy (non-hydrogen) atoms. The third-order valence-electron chi connectivity index (χ3n) is 5.19. The van der Waals surface area contributed by atoms with Crippen LogP contribution in [-0.4, -0.2) is 69.0 Å². The van der Waals surface area contributed by atoms with Crippen LogP contribution >= 0.6 is 0 Å². The number of hydrogen-bond acceptors (Lipinski definition) is 4. The van der Waals surface area contributed by atoms with Crippen molar-refractivity contribution >= 4 is 9.84 Å². The summed E-state index contributed by atoms with van der Waals surface area (Å²) in [5, 5.41) is -0.142. The highest BCUT2D eigenvalue weighted by molar-refractivity contribution is 7.92. The molecule has 2 aliphatic heterocycles. The van der Waals surface area contributed by atoms with Gasteiger partial charge in [0.05, 0.1) is 11.0 Å². The lowest BCUT2D eigenvalue weighted by molar-refractivity contribution is 0.231. The maximum absolute atomic E-state index is 12.3. The third-order valence-corrected chi connectivity index (χ3v) is 7.42. The van der Waals surface area contributed by atoms with Gasteiger partial charge in [-0.05, 0) is 39.0 Å². The zero-order valence-corrected chi connectivity index (χ0v) is 14.3. The van der Waals surface area contributed by atoms with Crippen molar-refractivity contribution in [3.63, 3.8) is 0 Å². The predicted molar refractivity (Wildman–Crippen MR) is 89.7 cm³/mol. The molecule has 0 amide bonds. The normalized spacial score (nSPS) is 30.8. The first-order valence-corrected chi connectivity index (χ1v) is 9.83. The van der Waals surface area contributed by atoms with Crippen LogP contribution in [0.15, 0.2) is 30.3 Å². The Hall–Kier alpha value is -0.910. The van der Waals surface area contributed by atoms with E-state index in [0.717, 1.165) is 32.5 Å². The second-order valence-electron chi connectivity index (χ2n) is 6.91. The minimum Gasteiger partial charge on any atom is -0.305 e. The highest BCUT2D eigenvalue weighted by Crippen LogP contribution is 2.35. The average Bonchev–Trinajstić information content (AvgIpc) is 2.99. The van der Waals surface area contributed by atoms with E-state index < -0.39 is 9.84 Å². The molecule has 0 unspecified atom stereocenters. The smallest absolute Gasteiger partial charge is 0.156 e. The first-order chi connectivity index (χ1) is 10.5. The maximum Gasteiger partial charge on any atom is 0.156 e. The lowest BCUT2D eigenvalue weighted by Crippen LogP contribution is -2.37. The molecular weight excluding hydrogens is 296 g/mol. The van der Waals surface area contributed by atoms with E-state index in [-0.39, 0.29) is 17.2 Å². The monoisotopic (exact) mass is 322 g/mol. The fourth-order valence-electron chi connectivity index (χ4n) is 3.98. The summed E-state index contributed by atoms with van der Waals surface area (Å²) in [5.74, 6) is 0.629. The second kappa shape index (κ2) is 6.30. The molecule has 4 nitrogen and oxygen atoms in total. The van der Waals surface area contributed by atoms with Crippen LogP contribution in [-0.2, 0) is 16.3 Å². The van der Waals surface area contributed by atoms with Crippen molar-refractivity contribution in [2.75, 3.05) is 39.5 Å². The lowest BCUT2D eigenvalue weighted by Gasteiger charge is -2.25. The molecule has 0 N–H and O–H groups in total. The van der Waals surface area contributed by atoms with Crippen LogP contribution in [0.2, 0.25) is 0 Å². The lowest BCUT2D eigenvalue weighted by atomic mass is 10.00. The van der Waals surface area contributed by atoms with Gasteiger partial charge >= 0.3 is 0 Å². The van der Waals surface area contributed by atoms with E-state index in [1.54, 1.807) is 0 Å². The number of sulfone groups is 1. The fraction of sp³-hybridized carbons (Fsp3) is 0.647. The van der Waals surface area contributed by atoms with Crippen LogP contribution in [0.25, 0.3) is 0 Å². The van der Waals surface area contributed by atoms with Gasteiger partial charge in [0.1, 0.15) is 0 Å². The maximum atomic E-state index is 12.3. The van der Waals surface area contributed by atoms with Crippen molar-refractivity contribution in [2.24, 2.45) is 5.92 Å². The molecule has 0 spiro atoms. The summed E-state index contributed by atoms with van der Waals surface area (Å²) >= 11 is 0. The quantitative estimate of drug-likeness (QED) is 0.819. The second-order valence-corrected chi connectivity index (χ2v) is 9.18. The Morgan fingerprint density at radius 1 is 1.18 bits per heavy atom. The number of fused-ring (bicyclic) bond motifs is 1. The molecule has 3 rings (SSSR count). The van der Waals surface area contributed by atoms with Crippen LogP contribution in [0.1, 0.15) is 12.0 Å². The molecule has 2 saturated heterocycles. The predicted octanol–water partition coefficient (Wildman–Crippen LogP) is 1.28. The Bertz CT molecular complexity index is 600. The zero-order valence-electron chi connectivity index (χ0n) is 13.5. The van der Waals surface area contributed by atoms with E-state index in [1.807, 2.05) is 20.2 Å². The van der Waals surface area contributed by atoms with Gasteiger partial charge in [0.25, 0.3) is 0 Å². The molecule has 0 bridgehead atoms. The molecule has 3 atom stereocenters. The third kappa shape index (κ3) is 3.21. The molecule has 2 aliphatic rings. The van der Waals surface area contributed by atoms with Gasteiger partial charge < -0.3 is 9.80 Å². The van der Waals surface area contributed by atoms with Crippen LogP contribution < -0.4 is 0 Å². The summed E-state index contributed by atoms with van der Waals surface area (Å²) in [5.41, 5.74) is 1.36. The van der Waals surface area contributed by atoms with Crippen molar-refractivity contribution in [1.82, 2.24) is 9.80 Å². The highest BCUT2D eigenvalue weighted by atomic mass is 32.2. The summed E-state index contributed by atoms with van der Waals surface area (Å²) in [7, 11) is 1.09. The molecule has 0 aliphatic carbocycles. The molecule has 0 saturated carbocycles. The van der Waals surface area contributed by atoms with Gasteiger partial charge in [-0.25, -0.2) is 8.42 Å². The molecule has 0 aromatic heterocycles. The van der Waals surface area contributed by atoms with E-state index >= 15 is 0 Å². The number of benzene rings is 1. The van der Waals surface area contributed by atoms with E-state index in [4.69, 9.17) is 0 Å². The van der Waals surface area contributed by atoms with Crippen LogP contribution in [0.4, 0.5) is 0 Å². The first-order valence-electron chi connectivity index (χ1n) is 8.11. The van der Waals surface area contributed by atoms with Gasteiger partial charge in [0.2, 0.25) is 0 Å². The molecule has 2 fully saturated rings. The van der Waals surface area contributed by atoms with Crippen LogP contribution in [0.3, 0.4) is 0 Å². The van der Waals surface area contributed by atoms with E-state index in [2.05, 4.69) is 34.1 Å². The summed E-state index contributed by atoms with van der Waals surface area (Å²) in [6, 6.07) is 10.7. The summed E-state index contributed by atoms with van der Waals surface area (Å²) < 4.78 is 24.7. The van der Waals surface area contributed by atoms with Crippen molar-refractivity contribution in [3.05, 3.63) is 35.9 Å². The number of likely N-dealkylation sites (tertiary alicyclic amines) is 1. The van der Waals surface area contributed by atoms with E-state index in [9.17, 15) is 8.42 Å². The number of nitrogens with zero attached hydrogens (tertiary/aromatic N) is 2. The Kier molecular flexibility index (Phi) is 4.57. The highest BCUT2D eigenvalue weighted by Gasteiger charge is 2.52. The van der Waals surface area contributed by atoms with Gasteiger partial charge in [-0.3, -0.25) is 0 Å². The molecular formula is C17H26N2O2S. The molecule has 122 valence electrons. The summed E-state index contributed by atoms with van der Waals surface area (Å²) in [6.07, 6.45) is 2.16. The zero-order chi connectivity index (χ0) is 15.7. The number of rotatable bonds is 5. The Morgan fingerprint density at radius 3 is 2.59 bits per heavy atom. The van der Waals surface area contributed by atoms with Gasteiger partial charge in [0, 0.05) is 25.0 Å². The molecule has 1 aromatic carbocycles. The number of hydrogen-bond donors (Lipinski definition) is 0. The minimum absolute atomic E-state index is 0.142. The van der Waals surface area contributed by atoms with Gasteiger partial charge in [-0.2, -0.15) is 0 Å². The summed E-state index contributed by atoms with van der Waals surface area (Å²) in [4.78, 5) is 4.45. The molecule has 0 radical (unpaired) electrons. The van der Waals surface area contributed by atoms with Crippen LogP contribution in [0, 0.1) is 5.92 Å². The SMILES string of the molecule is CN(C)[C@H]1CS(=O)(=O)[C@H]2CN(CCCc3ccccc3)C[C@@H]12. The van der Waals surface area contributed by atoms with Gasteiger partial charge in [0.15, 0.2) is 9.84 Å². The average molecular weight is 322 g/mol. The van der Waals surface area contributed by atoms with Crippen LogP contribution in [0.5, 0.6) is 0 Å². The fourth-order valence-corrected chi connectivity index (χ4v) is 6.49.